The van der Waals surface area contributed by atoms with Crippen LogP contribution >= 0.6 is 43.8 Å². The quantitative estimate of drug-likeness (QED) is 0.622. The smallest absolute Gasteiger partial charge is 0.0294 e. The zero-order valence-electron chi connectivity index (χ0n) is 9.10. The van der Waals surface area contributed by atoms with Crippen molar-refractivity contribution in [2.24, 2.45) is 0 Å². The summed E-state index contributed by atoms with van der Waals surface area (Å²) in [5.74, 6) is 0. The maximum absolute atomic E-state index is 3.50. The molecule has 0 aromatic heterocycles. The molecule has 0 saturated carbocycles. The Labute approximate surface area is 113 Å². The molecule has 1 N–H and O–H groups in total. The van der Waals surface area contributed by atoms with Gasteiger partial charge in [-0.25, -0.2) is 0 Å². The van der Waals surface area contributed by atoms with E-state index in [1.807, 2.05) is 0 Å². The summed E-state index contributed by atoms with van der Waals surface area (Å²) in [5, 5.41) is 0.883. The largest absolute Gasteiger partial charge is 0.255 e. The van der Waals surface area contributed by atoms with Gasteiger partial charge in [-0.2, -0.15) is 0 Å². The summed E-state index contributed by atoms with van der Waals surface area (Å²) < 4.78 is 4.53. The minimum atomic E-state index is 0.122. The van der Waals surface area contributed by atoms with Crippen molar-refractivity contribution in [1.29, 1.82) is 0 Å². The van der Waals surface area contributed by atoms with Crippen LogP contribution in [-0.4, -0.2) is 5.54 Å². The van der Waals surface area contributed by atoms with E-state index in [-0.39, 0.29) is 5.54 Å². The Morgan fingerprint density at radius 1 is 1.33 bits per heavy atom. The summed E-state index contributed by atoms with van der Waals surface area (Å²) in [4.78, 5) is 1.26. The summed E-state index contributed by atoms with van der Waals surface area (Å²) in [6.45, 7) is 6.48. The van der Waals surface area contributed by atoms with E-state index in [2.05, 4.69) is 75.6 Å². The van der Waals surface area contributed by atoms with Crippen LogP contribution in [0, 0.1) is 0 Å². The Morgan fingerprint density at radius 2 is 2.00 bits per heavy atom. The minimum Gasteiger partial charge on any atom is -0.255 e. The molecule has 0 amide bonds. The Balaban J connectivity index is 2.79. The fraction of sp³-hybridized carbons (Fsp3) is 0.455. The van der Waals surface area contributed by atoms with Crippen LogP contribution in [0.4, 0.5) is 0 Å². The first kappa shape index (κ1) is 13.6. The number of nitrogens with one attached hydrogen (secondary N) is 1. The van der Waals surface area contributed by atoms with Gasteiger partial charge in [0.25, 0.3) is 0 Å². The summed E-state index contributed by atoms with van der Waals surface area (Å²) >= 11 is 8.67. The first-order valence-corrected chi connectivity index (χ1v) is 7.44. The van der Waals surface area contributed by atoms with Crippen LogP contribution in [0.1, 0.15) is 26.3 Å². The molecule has 0 unspecified atom stereocenters. The van der Waals surface area contributed by atoms with Gasteiger partial charge in [-0.3, -0.25) is 4.72 Å². The highest BCUT2D eigenvalue weighted by atomic mass is 79.9. The van der Waals surface area contributed by atoms with Crippen molar-refractivity contribution in [1.82, 2.24) is 4.72 Å². The van der Waals surface area contributed by atoms with E-state index >= 15 is 0 Å². The third-order valence-electron chi connectivity index (χ3n) is 1.64. The number of rotatable bonds is 3. The normalized spacial score (nSPS) is 11.8. The van der Waals surface area contributed by atoms with Gasteiger partial charge in [0.05, 0.1) is 0 Å². The highest BCUT2D eigenvalue weighted by Gasteiger charge is 2.11. The molecule has 0 saturated heterocycles. The maximum atomic E-state index is 3.50. The molecule has 0 aliphatic carbocycles. The lowest BCUT2D eigenvalue weighted by Crippen LogP contribution is -2.29. The van der Waals surface area contributed by atoms with E-state index in [9.17, 15) is 0 Å². The molecule has 0 spiro atoms. The summed E-state index contributed by atoms with van der Waals surface area (Å²) in [6, 6.07) is 6.34. The zero-order valence-corrected chi connectivity index (χ0v) is 13.1. The molecule has 1 aromatic carbocycles. The van der Waals surface area contributed by atoms with E-state index in [4.69, 9.17) is 0 Å². The van der Waals surface area contributed by atoms with Crippen molar-refractivity contribution < 1.29 is 0 Å². The molecule has 0 aliphatic rings. The predicted octanol–water partition coefficient (Wildman–Crippen LogP) is 4.74. The number of hydrogen-bond acceptors (Lipinski definition) is 2. The van der Waals surface area contributed by atoms with Crippen LogP contribution in [0.15, 0.2) is 27.6 Å². The lowest BCUT2D eigenvalue weighted by atomic mass is 10.1. The molecule has 0 fully saturated rings. The fourth-order valence-electron chi connectivity index (χ4n) is 0.942. The molecule has 0 bridgehead atoms. The van der Waals surface area contributed by atoms with Gasteiger partial charge in [0, 0.05) is 20.2 Å². The van der Waals surface area contributed by atoms with Crippen molar-refractivity contribution >= 4 is 43.8 Å². The predicted molar refractivity (Wildman–Crippen MR) is 75.5 cm³/mol. The Kier molecular flexibility index (Phi) is 5.16. The van der Waals surface area contributed by atoms with Gasteiger partial charge in [-0.15, -0.1) is 0 Å². The summed E-state index contributed by atoms with van der Waals surface area (Å²) in [6.07, 6.45) is 0. The molecule has 1 aromatic rings. The Morgan fingerprint density at radius 3 is 2.53 bits per heavy atom. The van der Waals surface area contributed by atoms with Gasteiger partial charge >= 0.3 is 0 Å². The van der Waals surface area contributed by atoms with Crippen LogP contribution in [-0.2, 0) is 5.33 Å². The molecule has 4 heteroatoms. The van der Waals surface area contributed by atoms with Crippen LogP contribution in [0.2, 0.25) is 0 Å². The number of halogens is 2. The van der Waals surface area contributed by atoms with Gasteiger partial charge < -0.3 is 0 Å². The molecule has 1 nitrogen and oxygen atoms in total. The van der Waals surface area contributed by atoms with E-state index in [1.54, 1.807) is 11.9 Å². The molecule has 0 heterocycles. The Hall–Kier alpha value is 0.490. The highest BCUT2D eigenvalue weighted by Crippen LogP contribution is 2.27. The summed E-state index contributed by atoms with van der Waals surface area (Å²) in [5.41, 5.74) is 1.43. The van der Waals surface area contributed by atoms with Gasteiger partial charge in [-0.1, -0.05) is 37.9 Å². The Bertz CT molecular complexity index is 334. The average molecular weight is 353 g/mol. The third kappa shape index (κ3) is 4.89. The average Bonchev–Trinajstić information content (AvgIpc) is 2.14. The second-order valence-electron chi connectivity index (χ2n) is 4.34. The molecule has 84 valence electrons. The monoisotopic (exact) mass is 351 g/mol. The van der Waals surface area contributed by atoms with Crippen molar-refractivity contribution in [2.45, 2.75) is 36.5 Å². The van der Waals surface area contributed by atoms with E-state index in [0.29, 0.717) is 0 Å². The SMILES string of the molecule is CC(C)(C)NSc1cc(Br)ccc1CBr. The first-order chi connectivity index (χ1) is 6.92. The standard InChI is InChI=1S/C11H15Br2NS/c1-11(2,3)14-15-10-6-9(13)5-4-8(10)7-12/h4-6,14H,7H2,1-3H3. The molecule has 15 heavy (non-hydrogen) atoms. The lowest BCUT2D eigenvalue weighted by molar-refractivity contribution is 0.535. The van der Waals surface area contributed by atoms with Crippen molar-refractivity contribution in [2.75, 3.05) is 0 Å². The summed E-state index contributed by atoms with van der Waals surface area (Å²) in [7, 11) is 0. The van der Waals surface area contributed by atoms with Crippen LogP contribution in [0.5, 0.6) is 0 Å². The zero-order chi connectivity index (χ0) is 11.5. The maximum Gasteiger partial charge on any atom is 0.0294 e. The molecule has 1 rings (SSSR count). The third-order valence-corrected chi connectivity index (χ3v) is 4.05. The second kappa shape index (κ2) is 5.71. The van der Waals surface area contributed by atoms with Crippen molar-refractivity contribution in [3.63, 3.8) is 0 Å². The lowest BCUT2D eigenvalue weighted by Gasteiger charge is -2.20. The van der Waals surface area contributed by atoms with E-state index in [1.165, 1.54) is 10.5 Å². The van der Waals surface area contributed by atoms with Crippen molar-refractivity contribution in [3.05, 3.63) is 28.2 Å². The number of hydrogen-bond donors (Lipinski definition) is 1. The molecule has 0 radical (unpaired) electrons. The highest BCUT2D eigenvalue weighted by molar-refractivity contribution is 9.10. The van der Waals surface area contributed by atoms with Crippen molar-refractivity contribution in [3.8, 4) is 0 Å². The van der Waals surface area contributed by atoms with Crippen LogP contribution in [0.25, 0.3) is 0 Å². The molecule has 0 aliphatic heterocycles. The minimum absolute atomic E-state index is 0.122. The second-order valence-corrected chi connectivity index (χ2v) is 6.66. The molecular weight excluding hydrogens is 338 g/mol. The topological polar surface area (TPSA) is 12.0 Å². The van der Waals surface area contributed by atoms with Gasteiger partial charge in [-0.05, 0) is 50.4 Å². The molecular formula is C11H15Br2NS. The fourth-order valence-corrected chi connectivity index (χ4v) is 3.00. The van der Waals surface area contributed by atoms with Crippen LogP contribution in [0.3, 0.4) is 0 Å². The molecule has 0 atom stereocenters. The van der Waals surface area contributed by atoms with E-state index < -0.39 is 0 Å². The van der Waals surface area contributed by atoms with Gasteiger partial charge in [0.15, 0.2) is 0 Å². The number of alkyl halides is 1. The van der Waals surface area contributed by atoms with Crippen LogP contribution < -0.4 is 4.72 Å². The van der Waals surface area contributed by atoms with E-state index in [0.717, 1.165) is 9.80 Å². The van der Waals surface area contributed by atoms with Gasteiger partial charge in [0.1, 0.15) is 0 Å². The van der Waals surface area contributed by atoms with Gasteiger partial charge in [0.2, 0.25) is 0 Å². The first-order valence-electron chi connectivity index (χ1n) is 4.71. The number of benzene rings is 1.